The van der Waals surface area contributed by atoms with Gasteiger partial charge in [0.05, 0.1) is 18.4 Å². The number of hydrogen-bond donors (Lipinski definition) is 2. The zero-order chi connectivity index (χ0) is 20.9. The fourth-order valence-electron chi connectivity index (χ4n) is 3.15. The highest BCUT2D eigenvalue weighted by Crippen LogP contribution is 2.29. The van der Waals surface area contributed by atoms with Crippen LogP contribution in [-0.4, -0.2) is 40.6 Å². The Morgan fingerprint density at radius 2 is 2.03 bits per heavy atom. The Hall–Kier alpha value is -2.98. The van der Waals surface area contributed by atoms with Crippen molar-refractivity contribution >= 4 is 22.9 Å². The lowest BCUT2D eigenvalue weighted by molar-refractivity contribution is 0.102. The molecule has 1 amide bonds. The molecule has 0 radical (unpaired) electrons. The Labute approximate surface area is 175 Å². The third-order valence-electron chi connectivity index (χ3n) is 4.75. The highest BCUT2D eigenvalue weighted by atomic mass is 32.1. The summed E-state index contributed by atoms with van der Waals surface area (Å²) in [7, 11) is 0. The van der Waals surface area contributed by atoms with E-state index in [9.17, 15) is 13.6 Å². The standard InChI is InChI=1S/C20H19F2N5O2S/c21-13-2-1-3-14(22)17(13)20-27-16(10-30-20)18(28)26-15-8-24-11-25-19(15)29-9-12-4-6-23-7-5-12/h1-3,8,10-12,23H,4-7,9H2,(H,26,28). The predicted molar refractivity (Wildman–Crippen MR) is 109 cm³/mol. The summed E-state index contributed by atoms with van der Waals surface area (Å²) in [6.07, 6.45) is 4.81. The topological polar surface area (TPSA) is 89.0 Å². The molecule has 156 valence electrons. The predicted octanol–water partition coefficient (Wildman–Crippen LogP) is 3.51. The molecule has 0 bridgehead atoms. The number of carbonyl (C=O) groups excluding carboxylic acids is 1. The Morgan fingerprint density at radius 1 is 1.27 bits per heavy atom. The zero-order valence-corrected chi connectivity index (χ0v) is 16.7. The van der Waals surface area contributed by atoms with Gasteiger partial charge in [0.2, 0.25) is 5.88 Å². The Balaban J connectivity index is 1.46. The van der Waals surface area contributed by atoms with Crippen LogP contribution in [0.3, 0.4) is 0 Å². The molecule has 1 aliphatic heterocycles. The third kappa shape index (κ3) is 4.60. The number of nitrogens with zero attached hydrogens (tertiary/aromatic N) is 3. The number of carbonyl (C=O) groups is 1. The molecule has 0 unspecified atom stereocenters. The van der Waals surface area contributed by atoms with E-state index in [1.54, 1.807) is 0 Å². The maximum absolute atomic E-state index is 14.0. The summed E-state index contributed by atoms with van der Waals surface area (Å²) in [6, 6.07) is 3.57. The van der Waals surface area contributed by atoms with Crippen LogP contribution in [0.15, 0.2) is 36.1 Å². The van der Waals surface area contributed by atoms with Crippen LogP contribution in [0.5, 0.6) is 5.88 Å². The van der Waals surface area contributed by atoms with Crippen molar-refractivity contribution in [2.45, 2.75) is 12.8 Å². The molecule has 2 aromatic heterocycles. The molecule has 3 aromatic rings. The summed E-state index contributed by atoms with van der Waals surface area (Å²) in [5.74, 6) is -1.33. The number of anilines is 1. The molecular formula is C20H19F2N5O2S. The van der Waals surface area contributed by atoms with Gasteiger partial charge >= 0.3 is 0 Å². The summed E-state index contributed by atoms with van der Waals surface area (Å²) in [5.41, 5.74) is 0.0875. The molecule has 1 fully saturated rings. The highest BCUT2D eigenvalue weighted by Gasteiger charge is 2.20. The van der Waals surface area contributed by atoms with E-state index in [4.69, 9.17) is 4.74 Å². The average Bonchev–Trinajstić information content (AvgIpc) is 3.24. The van der Waals surface area contributed by atoms with Crippen molar-refractivity contribution in [2.24, 2.45) is 5.92 Å². The van der Waals surface area contributed by atoms with Crippen molar-refractivity contribution in [2.75, 3.05) is 25.0 Å². The summed E-state index contributed by atoms with van der Waals surface area (Å²) in [6.45, 7) is 2.40. The lowest BCUT2D eigenvalue weighted by atomic mass is 9.99. The van der Waals surface area contributed by atoms with Crippen molar-refractivity contribution in [1.29, 1.82) is 0 Å². The molecule has 4 rings (SSSR count). The molecule has 7 nitrogen and oxygen atoms in total. The van der Waals surface area contributed by atoms with Gasteiger partial charge in [0.15, 0.2) is 0 Å². The molecule has 1 aliphatic rings. The van der Waals surface area contributed by atoms with E-state index in [1.165, 1.54) is 24.0 Å². The van der Waals surface area contributed by atoms with Crippen molar-refractivity contribution < 1.29 is 18.3 Å². The molecule has 1 saturated heterocycles. The number of thiazole rings is 1. The van der Waals surface area contributed by atoms with Crippen LogP contribution in [-0.2, 0) is 0 Å². The minimum absolute atomic E-state index is 0.0332. The maximum atomic E-state index is 14.0. The number of benzene rings is 1. The first kappa shape index (κ1) is 20.3. The van der Waals surface area contributed by atoms with Crippen molar-refractivity contribution in [1.82, 2.24) is 20.3 Å². The fraction of sp³-hybridized carbons (Fsp3) is 0.300. The summed E-state index contributed by atoms with van der Waals surface area (Å²) >= 11 is 0.983. The van der Waals surface area contributed by atoms with Crippen LogP contribution in [0.25, 0.3) is 10.6 Å². The molecule has 2 N–H and O–H groups in total. The van der Waals surface area contributed by atoms with Crippen LogP contribution in [0.2, 0.25) is 0 Å². The van der Waals surface area contributed by atoms with Crippen LogP contribution in [0.4, 0.5) is 14.5 Å². The van der Waals surface area contributed by atoms with Gasteiger partial charge in [0.25, 0.3) is 5.91 Å². The van der Waals surface area contributed by atoms with Crippen LogP contribution in [0, 0.1) is 17.6 Å². The van der Waals surface area contributed by atoms with Crippen LogP contribution < -0.4 is 15.4 Å². The zero-order valence-electron chi connectivity index (χ0n) is 15.9. The number of halogens is 2. The molecule has 30 heavy (non-hydrogen) atoms. The fourth-order valence-corrected chi connectivity index (χ4v) is 3.99. The Kier molecular flexibility index (Phi) is 6.24. The number of hydrogen-bond acceptors (Lipinski definition) is 7. The average molecular weight is 431 g/mol. The van der Waals surface area contributed by atoms with Gasteiger partial charge in [-0.2, -0.15) is 4.98 Å². The Morgan fingerprint density at radius 3 is 2.80 bits per heavy atom. The van der Waals surface area contributed by atoms with E-state index in [0.717, 1.165) is 49.4 Å². The van der Waals surface area contributed by atoms with Gasteiger partial charge in [-0.3, -0.25) is 4.79 Å². The van der Waals surface area contributed by atoms with Crippen molar-refractivity contribution in [3.8, 4) is 16.5 Å². The number of amides is 1. The summed E-state index contributed by atoms with van der Waals surface area (Å²) in [4.78, 5) is 24.7. The Bertz CT molecular complexity index is 1020. The summed E-state index contributed by atoms with van der Waals surface area (Å²) < 4.78 is 33.8. The lowest BCUT2D eigenvalue weighted by Crippen LogP contribution is -2.30. The first-order valence-corrected chi connectivity index (χ1v) is 10.3. The molecule has 0 spiro atoms. The van der Waals surface area contributed by atoms with Gasteiger partial charge in [0.1, 0.15) is 34.4 Å². The van der Waals surface area contributed by atoms with Crippen molar-refractivity contribution in [3.05, 3.63) is 53.4 Å². The molecule has 3 heterocycles. The van der Waals surface area contributed by atoms with E-state index in [-0.39, 0.29) is 22.1 Å². The molecule has 0 atom stereocenters. The first-order chi connectivity index (χ1) is 14.6. The van der Waals surface area contributed by atoms with Crippen molar-refractivity contribution in [3.63, 3.8) is 0 Å². The lowest BCUT2D eigenvalue weighted by Gasteiger charge is -2.22. The molecular weight excluding hydrogens is 412 g/mol. The van der Waals surface area contributed by atoms with E-state index >= 15 is 0 Å². The van der Waals surface area contributed by atoms with E-state index in [0.29, 0.717) is 18.2 Å². The van der Waals surface area contributed by atoms with Gasteiger partial charge in [-0.15, -0.1) is 11.3 Å². The van der Waals surface area contributed by atoms with E-state index < -0.39 is 17.5 Å². The minimum Gasteiger partial charge on any atom is -0.476 e. The third-order valence-corrected chi connectivity index (χ3v) is 5.61. The second-order valence-corrected chi connectivity index (χ2v) is 7.69. The number of nitrogens with one attached hydrogen (secondary N) is 2. The quantitative estimate of drug-likeness (QED) is 0.621. The largest absolute Gasteiger partial charge is 0.476 e. The molecule has 10 heteroatoms. The number of rotatable bonds is 6. The smallest absolute Gasteiger partial charge is 0.275 e. The SMILES string of the molecule is O=C(Nc1cncnc1OCC1CCNCC1)c1csc(-c2c(F)cccc2F)n1. The molecule has 1 aromatic carbocycles. The molecule has 0 aliphatic carbocycles. The van der Waals surface area contributed by atoms with Crippen LogP contribution >= 0.6 is 11.3 Å². The minimum atomic E-state index is -0.735. The van der Waals surface area contributed by atoms with E-state index in [1.807, 2.05) is 0 Å². The van der Waals surface area contributed by atoms with Gasteiger partial charge in [0, 0.05) is 5.38 Å². The number of aromatic nitrogens is 3. The second-order valence-electron chi connectivity index (χ2n) is 6.83. The van der Waals surface area contributed by atoms with Gasteiger partial charge in [-0.1, -0.05) is 6.07 Å². The van der Waals surface area contributed by atoms with E-state index in [2.05, 4.69) is 25.6 Å². The second kappa shape index (κ2) is 9.23. The number of ether oxygens (including phenoxy) is 1. The van der Waals surface area contributed by atoms with Crippen LogP contribution in [0.1, 0.15) is 23.3 Å². The maximum Gasteiger partial charge on any atom is 0.275 e. The monoisotopic (exact) mass is 431 g/mol. The number of piperidine rings is 1. The van der Waals surface area contributed by atoms with Gasteiger partial charge < -0.3 is 15.4 Å². The highest BCUT2D eigenvalue weighted by molar-refractivity contribution is 7.13. The summed E-state index contributed by atoms with van der Waals surface area (Å²) in [5, 5.41) is 7.49. The normalized spacial score (nSPS) is 14.5. The van der Waals surface area contributed by atoms with Gasteiger partial charge in [-0.25, -0.2) is 18.7 Å². The molecule has 0 saturated carbocycles. The first-order valence-electron chi connectivity index (χ1n) is 9.46. The van der Waals surface area contributed by atoms with Gasteiger partial charge in [-0.05, 0) is 44.0 Å².